The molecule has 1 amide bonds. The molecule has 2 aromatic carbocycles. The van der Waals surface area contributed by atoms with Crippen LogP contribution in [0.2, 0.25) is 0 Å². The lowest BCUT2D eigenvalue weighted by Crippen LogP contribution is -2.21. The van der Waals surface area contributed by atoms with Crippen LogP contribution in [0.1, 0.15) is 22.8 Å². The summed E-state index contributed by atoms with van der Waals surface area (Å²) in [6.07, 6.45) is 0. The average molecular weight is 347 g/mol. The molecule has 0 unspecified atom stereocenters. The summed E-state index contributed by atoms with van der Waals surface area (Å²) in [5, 5.41) is 2.39. The van der Waals surface area contributed by atoms with Gasteiger partial charge >= 0.3 is 5.97 Å². The fourth-order valence-electron chi connectivity index (χ4n) is 2.03. The lowest BCUT2D eigenvalue weighted by atomic mass is 10.2. The number of halogens is 1. The van der Waals surface area contributed by atoms with Gasteiger partial charge in [-0.25, -0.2) is 9.18 Å². The van der Waals surface area contributed by atoms with Crippen LogP contribution in [0.15, 0.2) is 47.4 Å². The molecule has 0 spiro atoms. The third kappa shape index (κ3) is 4.83. The Hall–Kier alpha value is -2.34. The number of anilines is 1. The summed E-state index contributed by atoms with van der Waals surface area (Å²) in [6.45, 7) is 3.26. The number of benzene rings is 2. The number of nitrogens with one attached hydrogen (secondary N) is 1. The van der Waals surface area contributed by atoms with Crippen LogP contribution >= 0.6 is 11.8 Å². The number of ether oxygens (including phenoxy) is 1. The molecule has 0 fully saturated rings. The summed E-state index contributed by atoms with van der Waals surface area (Å²) in [5.74, 6) is -0.880. The van der Waals surface area contributed by atoms with Gasteiger partial charge in [-0.15, -0.1) is 11.8 Å². The van der Waals surface area contributed by atoms with Crippen LogP contribution in [0.5, 0.6) is 0 Å². The number of thioether (sulfide) groups is 1. The van der Waals surface area contributed by atoms with Gasteiger partial charge in [0.1, 0.15) is 5.82 Å². The van der Waals surface area contributed by atoms with Gasteiger partial charge in [-0.05, 0) is 42.5 Å². The quantitative estimate of drug-likeness (QED) is 0.633. The topological polar surface area (TPSA) is 55.4 Å². The Morgan fingerprint density at radius 2 is 1.96 bits per heavy atom. The molecule has 2 rings (SSSR count). The molecular weight excluding hydrogens is 329 g/mol. The van der Waals surface area contributed by atoms with E-state index in [9.17, 15) is 14.0 Å². The maximum absolute atomic E-state index is 13.7. The first-order valence-electron chi connectivity index (χ1n) is 7.46. The molecule has 0 saturated carbocycles. The molecule has 2 aromatic rings. The third-order valence-corrected chi connectivity index (χ3v) is 4.10. The molecule has 0 atom stereocenters. The standard InChI is InChI=1S/C18H18FNO3S/c1-3-24-16-7-5-4-6-13(16)18(22)23-11-17(21)20-15-9-8-12(2)10-14(15)19/h4-10H,3,11H2,1-2H3,(H,20,21). The first-order chi connectivity index (χ1) is 11.5. The summed E-state index contributed by atoms with van der Waals surface area (Å²) in [4.78, 5) is 24.8. The maximum Gasteiger partial charge on any atom is 0.339 e. The van der Waals surface area contributed by atoms with Crippen LogP contribution in [0.3, 0.4) is 0 Å². The second kappa shape index (κ2) is 8.49. The van der Waals surface area contributed by atoms with Crippen molar-refractivity contribution in [3.8, 4) is 0 Å². The number of hydrogen-bond donors (Lipinski definition) is 1. The molecule has 24 heavy (non-hydrogen) atoms. The maximum atomic E-state index is 13.7. The molecule has 4 nitrogen and oxygen atoms in total. The van der Waals surface area contributed by atoms with Crippen LogP contribution in [0.4, 0.5) is 10.1 Å². The van der Waals surface area contributed by atoms with Crippen LogP contribution < -0.4 is 5.32 Å². The summed E-state index contributed by atoms with van der Waals surface area (Å²) in [7, 11) is 0. The zero-order chi connectivity index (χ0) is 17.5. The van der Waals surface area contributed by atoms with Gasteiger partial charge in [0.15, 0.2) is 6.61 Å². The van der Waals surface area contributed by atoms with Crippen molar-refractivity contribution in [3.05, 3.63) is 59.4 Å². The van der Waals surface area contributed by atoms with Gasteiger partial charge in [-0.2, -0.15) is 0 Å². The van der Waals surface area contributed by atoms with Crippen LogP contribution in [-0.4, -0.2) is 24.2 Å². The predicted molar refractivity (Wildman–Crippen MR) is 92.9 cm³/mol. The Kier molecular flexibility index (Phi) is 6.37. The minimum Gasteiger partial charge on any atom is -0.452 e. The van der Waals surface area contributed by atoms with E-state index in [1.54, 1.807) is 25.1 Å². The van der Waals surface area contributed by atoms with Gasteiger partial charge in [-0.3, -0.25) is 4.79 Å². The predicted octanol–water partition coefficient (Wildman–Crippen LogP) is 4.04. The average Bonchev–Trinajstić information content (AvgIpc) is 2.56. The highest BCUT2D eigenvalue weighted by Gasteiger charge is 2.15. The number of aryl methyl sites for hydroxylation is 1. The van der Waals surface area contributed by atoms with Crippen LogP contribution in [0.25, 0.3) is 0 Å². The number of carbonyl (C=O) groups excluding carboxylic acids is 2. The van der Waals surface area contributed by atoms with E-state index < -0.39 is 24.3 Å². The number of hydrogen-bond acceptors (Lipinski definition) is 4. The molecule has 0 aliphatic rings. The fraction of sp³-hybridized carbons (Fsp3) is 0.222. The SMILES string of the molecule is CCSc1ccccc1C(=O)OCC(=O)Nc1ccc(C)cc1F. The van der Waals surface area contributed by atoms with Crippen molar-refractivity contribution in [1.29, 1.82) is 0 Å². The molecule has 6 heteroatoms. The van der Waals surface area contributed by atoms with Gasteiger partial charge in [0.2, 0.25) is 0 Å². The van der Waals surface area contributed by atoms with Crippen LogP contribution in [-0.2, 0) is 9.53 Å². The molecule has 0 saturated heterocycles. The van der Waals surface area contributed by atoms with E-state index in [-0.39, 0.29) is 5.69 Å². The van der Waals surface area contributed by atoms with E-state index in [4.69, 9.17) is 4.74 Å². The molecule has 0 radical (unpaired) electrons. The molecule has 1 N–H and O–H groups in total. The number of esters is 1. The van der Waals surface area contributed by atoms with Crippen molar-refractivity contribution in [2.24, 2.45) is 0 Å². The molecule has 0 aromatic heterocycles. The normalized spacial score (nSPS) is 10.3. The van der Waals surface area contributed by atoms with Crippen molar-refractivity contribution in [1.82, 2.24) is 0 Å². The Labute approximate surface area is 144 Å². The Morgan fingerprint density at radius 1 is 1.21 bits per heavy atom. The first kappa shape index (κ1) is 18.0. The van der Waals surface area contributed by atoms with E-state index in [0.717, 1.165) is 16.2 Å². The van der Waals surface area contributed by atoms with Crippen molar-refractivity contribution in [2.75, 3.05) is 17.7 Å². The third-order valence-electron chi connectivity index (χ3n) is 3.14. The lowest BCUT2D eigenvalue weighted by Gasteiger charge is -2.10. The van der Waals surface area contributed by atoms with Gasteiger partial charge in [-0.1, -0.05) is 25.1 Å². The minimum atomic E-state index is -0.591. The molecule has 0 aliphatic carbocycles. The number of amides is 1. The van der Waals surface area contributed by atoms with Crippen molar-refractivity contribution >= 4 is 29.3 Å². The second-order valence-corrected chi connectivity index (χ2v) is 6.34. The van der Waals surface area contributed by atoms with E-state index in [0.29, 0.717) is 5.56 Å². The van der Waals surface area contributed by atoms with Crippen molar-refractivity contribution in [2.45, 2.75) is 18.7 Å². The zero-order valence-electron chi connectivity index (χ0n) is 13.5. The van der Waals surface area contributed by atoms with Gasteiger partial charge in [0, 0.05) is 4.90 Å². The molecule has 0 aliphatic heterocycles. The highest BCUT2D eigenvalue weighted by atomic mass is 32.2. The Bertz CT molecular complexity index is 749. The van der Waals surface area contributed by atoms with Crippen molar-refractivity contribution < 1.29 is 18.7 Å². The molecule has 126 valence electrons. The molecule has 0 bridgehead atoms. The smallest absolute Gasteiger partial charge is 0.339 e. The summed E-state index contributed by atoms with van der Waals surface area (Å²) in [5.41, 5.74) is 1.23. The number of rotatable bonds is 6. The van der Waals surface area contributed by atoms with E-state index in [1.165, 1.54) is 23.9 Å². The fourth-order valence-corrected chi connectivity index (χ4v) is 2.83. The van der Waals surface area contributed by atoms with Gasteiger partial charge < -0.3 is 10.1 Å². The highest BCUT2D eigenvalue weighted by molar-refractivity contribution is 7.99. The van der Waals surface area contributed by atoms with Gasteiger partial charge in [0.05, 0.1) is 11.3 Å². The number of carbonyl (C=O) groups is 2. The summed E-state index contributed by atoms with van der Waals surface area (Å²) in [6, 6.07) is 11.5. The van der Waals surface area contributed by atoms with Gasteiger partial charge in [0.25, 0.3) is 5.91 Å². The zero-order valence-corrected chi connectivity index (χ0v) is 14.3. The molecule has 0 heterocycles. The Balaban J connectivity index is 1.95. The summed E-state index contributed by atoms with van der Waals surface area (Å²) >= 11 is 1.52. The Morgan fingerprint density at radius 3 is 2.67 bits per heavy atom. The lowest BCUT2D eigenvalue weighted by molar-refractivity contribution is -0.119. The van der Waals surface area contributed by atoms with E-state index >= 15 is 0 Å². The molecular formula is C18H18FNO3S. The monoisotopic (exact) mass is 347 g/mol. The van der Waals surface area contributed by atoms with Crippen molar-refractivity contribution in [3.63, 3.8) is 0 Å². The highest BCUT2D eigenvalue weighted by Crippen LogP contribution is 2.23. The van der Waals surface area contributed by atoms with Crippen LogP contribution in [0, 0.1) is 12.7 Å². The first-order valence-corrected chi connectivity index (χ1v) is 8.44. The largest absolute Gasteiger partial charge is 0.452 e. The second-order valence-electron chi connectivity index (χ2n) is 5.04. The van der Waals surface area contributed by atoms with E-state index in [1.807, 2.05) is 19.1 Å². The summed E-state index contributed by atoms with van der Waals surface area (Å²) < 4.78 is 18.7. The van der Waals surface area contributed by atoms with E-state index in [2.05, 4.69) is 5.32 Å². The minimum absolute atomic E-state index is 0.0589.